The minimum atomic E-state index is -0.392. The molecule has 0 bridgehead atoms. The Hall–Kier alpha value is -2.08. The normalized spacial score (nSPS) is 23.2. The molecular formula is C14H18N4O2. The lowest BCUT2D eigenvalue weighted by atomic mass is 9.96. The number of nitrogen functional groups attached to an aromatic ring is 1. The fourth-order valence-electron chi connectivity index (χ4n) is 2.53. The first-order valence-electron chi connectivity index (χ1n) is 6.77. The third kappa shape index (κ3) is 2.22. The number of benzene rings is 1. The fourth-order valence-corrected chi connectivity index (χ4v) is 2.53. The minimum Gasteiger partial charge on any atom is -0.399 e. The third-order valence-corrected chi connectivity index (χ3v) is 3.94. The van der Waals surface area contributed by atoms with Gasteiger partial charge in [0.2, 0.25) is 5.95 Å². The van der Waals surface area contributed by atoms with Crippen LogP contribution in [0.25, 0.3) is 10.9 Å². The number of H-pyrrole nitrogens is 1. The number of aliphatic hydroxyl groups excluding tert-OH is 1. The number of rotatable bonds is 1. The highest BCUT2D eigenvalue weighted by atomic mass is 16.3. The summed E-state index contributed by atoms with van der Waals surface area (Å²) in [5.41, 5.74) is 6.64. The number of hydrogen-bond donors (Lipinski definition) is 3. The van der Waals surface area contributed by atoms with E-state index in [0.717, 1.165) is 13.0 Å². The van der Waals surface area contributed by atoms with Gasteiger partial charge in [0.25, 0.3) is 5.56 Å². The van der Waals surface area contributed by atoms with Gasteiger partial charge in [0.05, 0.1) is 17.0 Å². The molecule has 1 aromatic carbocycles. The molecule has 2 aromatic rings. The molecule has 1 saturated heterocycles. The number of hydrogen-bond acceptors (Lipinski definition) is 5. The maximum Gasteiger partial charge on any atom is 0.260 e. The van der Waals surface area contributed by atoms with Gasteiger partial charge in [-0.1, -0.05) is 6.92 Å². The lowest BCUT2D eigenvalue weighted by Crippen LogP contribution is -2.44. The lowest BCUT2D eigenvalue weighted by Gasteiger charge is -2.34. The standard InChI is InChI=1S/C14H18N4O2/c1-8-4-5-18(7-12(8)19)14-16-11-3-2-9(15)6-10(11)13(20)17-14/h2-3,6,8,12,19H,4-5,7,15H2,1H3,(H,16,17,20). The summed E-state index contributed by atoms with van der Waals surface area (Å²) in [6.45, 7) is 3.30. The van der Waals surface area contributed by atoms with E-state index in [1.165, 1.54) is 0 Å². The predicted octanol–water partition coefficient (Wildman–Crippen LogP) is 0.712. The number of anilines is 2. The number of aromatic amines is 1. The molecule has 3 rings (SSSR count). The summed E-state index contributed by atoms with van der Waals surface area (Å²) in [7, 11) is 0. The Morgan fingerprint density at radius 3 is 3.05 bits per heavy atom. The largest absolute Gasteiger partial charge is 0.399 e. The van der Waals surface area contributed by atoms with E-state index < -0.39 is 6.10 Å². The van der Waals surface area contributed by atoms with Crippen LogP contribution in [0.1, 0.15) is 13.3 Å². The van der Waals surface area contributed by atoms with Gasteiger partial charge in [-0.25, -0.2) is 4.98 Å². The highest BCUT2D eigenvalue weighted by Gasteiger charge is 2.25. The zero-order chi connectivity index (χ0) is 14.3. The van der Waals surface area contributed by atoms with Crippen LogP contribution in [0.2, 0.25) is 0 Å². The molecule has 0 spiro atoms. The molecule has 1 aliphatic rings. The van der Waals surface area contributed by atoms with Crippen molar-refractivity contribution in [2.45, 2.75) is 19.4 Å². The number of β-amino-alcohol motifs (C(OH)–C–C–N with tert-alkyl or cyclic N) is 1. The van der Waals surface area contributed by atoms with E-state index in [0.29, 0.717) is 29.1 Å². The Kier molecular flexibility index (Phi) is 3.10. The van der Waals surface area contributed by atoms with E-state index >= 15 is 0 Å². The molecule has 1 aromatic heterocycles. The highest BCUT2D eigenvalue weighted by molar-refractivity contribution is 5.81. The van der Waals surface area contributed by atoms with Gasteiger partial charge in [-0.15, -0.1) is 0 Å². The molecule has 1 fully saturated rings. The molecule has 2 heterocycles. The highest BCUT2D eigenvalue weighted by Crippen LogP contribution is 2.21. The molecule has 106 valence electrons. The fraction of sp³-hybridized carbons (Fsp3) is 0.429. The second-order valence-electron chi connectivity index (χ2n) is 5.45. The number of piperidine rings is 1. The Bertz CT molecular complexity index is 697. The molecule has 0 aliphatic carbocycles. The average Bonchev–Trinajstić information content (AvgIpc) is 2.42. The molecule has 6 nitrogen and oxygen atoms in total. The van der Waals surface area contributed by atoms with Gasteiger partial charge in [0.15, 0.2) is 0 Å². The second kappa shape index (κ2) is 4.79. The zero-order valence-corrected chi connectivity index (χ0v) is 11.3. The summed E-state index contributed by atoms with van der Waals surface area (Å²) in [5, 5.41) is 10.4. The number of aliphatic hydroxyl groups is 1. The van der Waals surface area contributed by atoms with Crippen LogP contribution in [-0.4, -0.2) is 34.3 Å². The van der Waals surface area contributed by atoms with E-state index in [4.69, 9.17) is 5.73 Å². The molecule has 0 saturated carbocycles. The van der Waals surface area contributed by atoms with Gasteiger partial charge >= 0.3 is 0 Å². The number of nitrogens with one attached hydrogen (secondary N) is 1. The van der Waals surface area contributed by atoms with Crippen LogP contribution >= 0.6 is 0 Å². The van der Waals surface area contributed by atoms with Gasteiger partial charge in [-0.3, -0.25) is 9.78 Å². The number of aromatic nitrogens is 2. The second-order valence-corrected chi connectivity index (χ2v) is 5.45. The third-order valence-electron chi connectivity index (χ3n) is 3.94. The maximum absolute atomic E-state index is 12.1. The van der Waals surface area contributed by atoms with E-state index in [-0.39, 0.29) is 11.5 Å². The van der Waals surface area contributed by atoms with Gasteiger partial charge in [-0.05, 0) is 30.5 Å². The molecule has 0 radical (unpaired) electrons. The first-order valence-corrected chi connectivity index (χ1v) is 6.77. The van der Waals surface area contributed by atoms with Crippen LogP contribution in [-0.2, 0) is 0 Å². The average molecular weight is 274 g/mol. The maximum atomic E-state index is 12.1. The minimum absolute atomic E-state index is 0.203. The van der Waals surface area contributed by atoms with E-state index in [1.54, 1.807) is 18.2 Å². The first kappa shape index (κ1) is 12.9. The van der Waals surface area contributed by atoms with Crippen LogP contribution < -0.4 is 16.2 Å². The Morgan fingerprint density at radius 1 is 1.50 bits per heavy atom. The van der Waals surface area contributed by atoms with Gasteiger partial charge in [0.1, 0.15) is 0 Å². The smallest absolute Gasteiger partial charge is 0.260 e. The van der Waals surface area contributed by atoms with Crippen molar-refractivity contribution in [1.29, 1.82) is 0 Å². The van der Waals surface area contributed by atoms with E-state index in [9.17, 15) is 9.90 Å². The molecular weight excluding hydrogens is 256 g/mol. The zero-order valence-electron chi connectivity index (χ0n) is 11.3. The summed E-state index contributed by atoms with van der Waals surface area (Å²) in [6.07, 6.45) is 0.487. The predicted molar refractivity (Wildman–Crippen MR) is 78.8 cm³/mol. The van der Waals surface area contributed by atoms with Gasteiger partial charge in [0, 0.05) is 18.8 Å². The monoisotopic (exact) mass is 274 g/mol. The molecule has 20 heavy (non-hydrogen) atoms. The van der Waals surface area contributed by atoms with Crippen molar-refractivity contribution >= 4 is 22.5 Å². The number of fused-ring (bicyclic) bond motifs is 1. The Labute approximate surface area is 116 Å². The molecule has 1 aliphatic heterocycles. The summed E-state index contributed by atoms with van der Waals surface area (Å²) < 4.78 is 0. The number of nitrogens with zero attached hydrogens (tertiary/aromatic N) is 2. The summed E-state index contributed by atoms with van der Waals surface area (Å²) in [4.78, 5) is 21.3. The summed E-state index contributed by atoms with van der Waals surface area (Å²) in [6, 6.07) is 5.09. The van der Waals surface area contributed by atoms with Gasteiger partial charge in [-0.2, -0.15) is 0 Å². The van der Waals surface area contributed by atoms with E-state index in [2.05, 4.69) is 9.97 Å². The topological polar surface area (TPSA) is 95.2 Å². The van der Waals surface area contributed by atoms with Crippen LogP contribution in [0.4, 0.5) is 11.6 Å². The first-order chi connectivity index (χ1) is 9.54. The van der Waals surface area contributed by atoms with Crippen molar-refractivity contribution in [3.8, 4) is 0 Å². The van der Waals surface area contributed by atoms with Crippen molar-refractivity contribution < 1.29 is 5.11 Å². The van der Waals surface area contributed by atoms with E-state index in [1.807, 2.05) is 11.8 Å². The molecule has 4 N–H and O–H groups in total. The van der Waals surface area contributed by atoms with Crippen molar-refractivity contribution in [2.24, 2.45) is 5.92 Å². The lowest BCUT2D eigenvalue weighted by molar-refractivity contribution is 0.102. The van der Waals surface area contributed by atoms with Crippen molar-refractivity contribution in [1.82, 2.24) is 9.97 Å². The Balaban J connectivity index is 2.01. The number of nitrogens with two attached hydrogens (primary N) is 1. The molecule has 6 heteroatoms. The van der Waals surface area contributed by atoms with Crippen LogP contribution in [0.15, 0.2) is 23.0 Å². The molecule has 2 atom stereocenters. The quantitative estimate of drug-likeness (QED) is 0.666. The van der Waals surface area contributed by atoms with Crippen molar-refractivity contribution in [3.05, 3.63) is 28.6 Å². The van der Waals surface area contributed by atoms with Crippen LogP contribution in [0.5, 0.6) is 0 Å². The molecule has 2 unspecified atom stereocenters. The Morgan fingerprint density at radius 2 is 2.30 bits per heavy atom. The SMILES string of the molecule is CC1CCN(c2nc3ccc(N)cc3c(=O)[nH]2)CC1O. The summed E-state index contributed by atoms with van der Waals surface area (Å²) in [5.74, 6) is 0.788. The van der Waals surface area contributed by atoms with Crippen molar-refractivity contribution in [2.75, 3.05) is 23.7 Å². The van der Waals surface area contributed by atoms with Crippen molar-refractivity contribution in [3.63, 3.8) is 0 Å². The molecule has 0 amide bonds. The van der Waals surface area contributed by atoms with Crippen LogP contribution in [0, 0.1) is 5.92 Å². The summed E-state index contributed by atoms with van der Waals surface area (Å²) >= 11 is 0. The van der Waals surface area contributed by atoms with Gasteiger partial charge < -0.3 is 15.7 Å². The van der Waals surface area contributed by atoms with Crippen LogP contribution in [0.3, 0.4) is 0 Å².